The molecule has 1 aromatic heterocycles. The van der Waals surface area contributed by atoms with Gasteiger partial charge in [0, 0.05) is 12.0 Å². The van der Waals surface area contributed by atoms with E-state index >= 15 is 0 Å². The number of rotatable bonds is 6. The zero-order valence-corrected chi connectivity index (χ0v) is 20.0. The lowest BCUT2D eigenvalue weighted by Gasteiger charge is -2.28. The Kier molecular flexibility index (Phi) is 7.01. The summed E-state index contributed by atoms with van der Waals surface area (Å²) in [5.41, 5.74) is 2.03. The highest BCUT2D eigenvalue weighted by Gasteiger charge is 2.34. The smallest absolute Gasteiger partial charge is 0.407 e. The number of Topliss-reactive ketones (excluding diaryl/α,β-unsaturated/α-hetero) is 1. The van der Waals surface area contributed by atoms with Crippen molar-refractivity contribution in [2.75, 3.05) is 0 Å². The Hall–Kier alpha value is -2.83. The average Bonchev–Trinajstić information content (AvgIpc) is 3.61. The van der Waals surface area contributed by atoms with E-state index < -0.39 is 23.3 Å². The first-order valence-electron chi connectivity index (χ1n) is 12.1. The highest BCUT2D eigenvalue weighted by atomic mass is 19.1. The van der Waals surface area contributed by atoms with Crippen LogP contribution in [-0.4, -0.2) is 22.5 Å². The molecule has 2 fully saturated rings. The zero-order chi connectivity index (χ0) is 24.5. The maximum Gasteiger partial charge on any atom is 0.407 e. The van der Waals surface area contributed by atoms with Gasteiger partial charge in [0.1, 0.15) is 22.9 Å². The Balaban J connectivity index is 1.43. The van der Waals surface area contributed by atoms with Crippen molar-refractivity contribution in [1.29, 1.82) is 0 Å². The van der Waals surface area contributed by atoms with Crippen molar-refractivity contribution in [3.63, 3.8) is 0 Å². The van der Waals surface area contributed by atoms with Crippen molar-refractivity contribution in [3.05, 3.63) is 64.5 Å². The maximum absolute atomic E-state index is 14.2. The maximum atomic E-state index is 14.2. The summed E-state index contributed by atoms with van der Waals surface area (Å²) in [6.07, 6.45) is 4.22. The number of alkyl carbamates (subject to hydrolysis) is 1. The van der Waals surface area contributed by atoms with Crippen LogP contribution in [0.15, 0.2) is 30.3 Å². The van der Waals surface area contributed by atoms with Gasteiger partial charge in [0.2, 0.25) is 0 Å². The Morgan fingerprint density at radius 3 is 2.21 bits per heavy atom. The van der Waals surface area contributed by atoms with Gasteiger partial charge in [-0.15, -0.1) is 0 Å². The van der Waals surface area contributed by atoms with E-state index in [1.807, 2.05) is 12.1 Å². The SMILES string of the molecule is CC(C)(C)OC(=O)NCc1ccc(C2CC2)c(C(=O)C2CCC(c3ccc(F)cc3F)CC2)n1. The van der Waals surface area contributed by atoms with Gasteiger partial charge >= 0.3 is 6.09 Å². The number of benzene rings is 1. The van der Waals surface area contributed by atoms with Crippen LogP contribution in [0.5, 0.6) is 0 Å². The van der Waals surface area contributed by atoms with Crippen LogP contribution in [0.2, 0.25) is 0 Å². The number of pyridine rings is 1. The largest absolute Gasteiger partial charge is 0.444 e. The van der Waals surface area contributed by atoms with Gasteiger partial charge in [-0.05, 0) is 94.4 Å². The van der Waals surface area contributed by atoms with E-state index in [0.717, 1.165) is 24.5 Å². The fourth-order valence-electron chi connectivity index (χ4n) is 4.70. The van der Waals surface area contributed by atoms with Crippen molar-refractivity contribution < 1.29 is 23.1 Å². The van der Waals surface area contributed by atoms with Crippen LogP contribution < -0.4 is 5.32 Å². The van der Waals surface area contributed by atoms with Crippen molar-refractivity contribution in [1.82, 2.24) is 10.3 Å². The van der Waals surface area contributed by atoms with E-state index in [1.165, 1.54) is 12.1 Å². The first-order valence-corrected chi connectivity index (χ1v) is 12.1. The first kappa shape index (κ1) is 24.3. The molecule has 0 bridgehead atoms. The molecule has 5 nitrogen and oxygen atoms in total. The molecule has 182 valence electrons. The van der Waals surface area contributed by atoms with Crippen LogP contribution >= 0.6 is 0 Å². The third kappa shape index (κ3) is 5.99. The topological polar surface area (TPSA) is 68.3 Å². The van der Waals surface area contributed by atoms with Crippen molar-refractivity contribution in [3.8, 4) is 0 Å². The van der Waals surface area contributed by atoms with Crippen molar-refractivity contribution in [2.45, 2.75) is 83.3 Å². The number of carbonyl (C=O) groups is 2. The number of aromatic nitrogens is 1. The summed E-state index contributed by atoms with van der Waals surface area (Å²) in [5.74, 6) is -0.880. The Morgan fingerprint density at radius 2 is 1.59 bits per heavy atom. The van der Waals surface area contributed by atoms with Gasteiger partial charge in [0.25, 0.3) is 0 Å². The molecule has 2 saturated carbocycles. The molecule has 34 heavy (non-hydrogen) atoms. The molecule has 1 N–H and O–H groups in total. The van der Waals surface area contributed by atoms with Crippen LogP contribution in [0.25, 0.3) is 0 Å². The number of halogens is 2. The van der Waals surface area contributed by atoms with Gasteiger partial charge in [0.15, 0.2) is 5.78 Å². The summed E-state index contributed by atoms with van der Waals surface area (Å²) in [6, 6.07) is 7.55. The number of ether oxygens (including phenoxy) is 1. The van der Waals surface area contributed by atoms with Crippen LogP contribution in [0.1, 0.15) is 98.4 Å². The van der Waals surface area contributed by atoms with Crippen LogP contribution in [0.3, 0.4) is 0 Å². The molecule has 2 aliphatic carbocycles. The molecule has 2 aliphatic rings. The summed E-state index contributed by atoms with van der Waals surface area (Å²) in [5, 5.41) is 2.70. The lowest BCUT2D eigenvalue weighted by Crippen LogP contribution is -2.32. The summed E-state index contributed by atoms with van der Waals surface area (Å²) >= 11 is 0. The number of hydrogen-bond donors (Lipinski definition) is 1. The molecule has 7 heteroatoms. The average molecular weight is 471 g/mol. The molecule has 0 radical (unpaired) electrons. The Bertz CT molecular complexity index is 1070. The molecule has 0 spiro atoms. The number of amides is 1. The fourth-order valence-corrected chi connectivity index (χ4v) is 4.70. The minimum Gasteiger partial charge on any atom is -0.444 e. The summed E-state index contributed by atoms with van der Waals surface area (Å²) in [7, 11) is 0. The minimum absolute atomic E-state index is 0.00938. The summed E-state index contributed by atoms with van der Waals surface area (Å²) < 4.78 is 32.7. The lowest BCUT2D eigenvalue weighted by atomic mass is 9.76. The van der Waals surface area contributed by atoms with E-state index in [1.54, 1.807) is 20.8 Å². The van der Waals surface area contributed by atoms with Crippen molar-refractivity contribution >= 4 is 11.9 Å². The third-order valence-electron chi connectivity index (χ3n) is 6.55. The summed E-state index contributed by atoms with van der Waals surface area (Å²) in [6.45, 7) is 5.57. The van der Waals surface area contributed by atoms with Crippen molar-refractivity contribution in [2.24, 2.45) is 5.92 Å². The van der Waals surface area contributed by atoms with E-state index in [4.69, 9.17) is 4.74 Å². The summed E-state index contributed by atoms with van der Waals surface area (Å²) in [4.78, 5) is 30.1. The molecule has 0 saturated heterocycles. The molecule has 1 heterocycles. The Labute approximate surface area is 199 Å². The van der Waals surface area contributed by atoms with Gasteiger partial charge in [0.05, 0.1) is 12.2 Å². The molecule has 1 aromatic carbocycles. The number of carbonyl (C=O) groups excluding carboxylic acids is 2. The molecule has 4 rings (SSSR count). The van der Waals surface area contributed by atoms with E-state index in [2.05, 4.69) is 10.3 Å². The second-order valence-corrected chi connectivity index (χ2v) is 10.4. The predicted molar refractivity (Wildman–Crippen MR) is 125 cm³/mol. The van der Waals surface area contributed by atoms with Gasteiger partial charge in [-0.3, -0.25) is 4.79 Å². The number of hydrogen-bond acceptors (Lipinski definition) is 4. The fraction of sp³-hybridized carbons (Fsp3) is 0.519. The minimum atomic E-state index is -0.593. The van der Waals surface area contributed by atoms with Gasteiger partial charge in [-0.2, -0.15) is 0 Å². The molecule has 2 aromatic rings. The molecule has 0 atom stereocenters. The number of ketones is 1. The van der Waals surface area contributed by atoms with Crippen LogP contribution in [0.4, 0.5) is 13.6 Å². The molecular formula is C27H32F2N2O3. The Morgan fingerprint density at radius 1 is 0.971 bits per heavy atom. The second kappa shape index (κ2) is 9.80. The molecule has 1 amide bonds. The lowest BCUT2D eigenvalue weighted by molar-refractivity contribution is 0.0523. The number of nitrogens with one attached hydrogen (secondary N) is 1. The zero-order valence-electron chi connectivity index (χ0n) is 20.0. The normalized spacial score (nSPS) is 20.6. The first-order chi connectivity index (χ1) is 16.1. The molecule has 0 unspecified atom stereocenters. The number of nitrogens with zero attached hydrogens (tertiary/aromatic N) is 1. The molecule has 0 aliphatic heterocycles. The van der Waals surface area contributed by atoms with E-state index in [0.29, 0.717) is 48.6 Å². The predicted octanol–water partition coefficient (Wildman–Crippen LogP) is 6.42. The third-order valence-corrected chi connectivity index (χ3v) is 6.55. The van der Waals surface area contributed by atoms with Crippen LogP contribution in [-0.2, 0) is 11.3 Å². The second-order valence-electron chi connectivity index (χ2n) is 10.4. The highest BCUT2D eigenvalue weighted by molar-refractivity contribution is 5.97. The standard InChI is InChI=1S/C27H32F2N2O3/c1-27(2,3)34-26(33)30-15-20-11-13-22(17-4-5-17)24(31-20)25(32)18-8-6-16(7-9-18)21-12-10-19(28)14-23(21)29/h10-14,16-18H,4-9,15H2,1-3H3,(H,30,33). The van der Waals surface area contributed by atoms with E-state index in [-0.39, 0.29) is 24.2 Å². The molecular weight excluding hydrogens is 438 g/mol. The quantitative estimate of drug-likeness (QED) is 0.495. The highest BCUT2D eigenvalue weighted by Crippen LogP contribution is 2.43. The van der Waals surface area contributed by atoms with Gasteiger partial charge in [-0.25, -0.2) is 18.6 Å². The van der Waals surface area contributed by atoms with Gasteiger partial charge in [-0.1, -0.05) is 12.1 Å². The monoisotopic (exact) mass is 470 g/mol. The van der Waals surface area contributed by atoms with Crippen LogP contribution in [0, 0.1) is 17.6 Å². The van der Waals surface area contributed by atoms with E-state index in [9.17, 15) is 18.4 Å². The van der Waals surface area contributed by atoms with Gasteiger partial charge < -0.3 is 10.1 Å².